The molecule has 0 amide bonds. The van der Waals surface area contributed by atoms with E-state index in [1.54, 1.807) is 11.3 Å². The molecule has 0 radical (unpaired) electrons. The number of thiophene rings is 1. The van der Waals surface area contributed by atoms with Crippen LogP contribution in [0.1, 0.15) is 31.6 Å². The highest BCUT2D eigenvalue weighted by Gasteiger charge is 2.38. The topological polar surface area (TPSA) is 39.7 Å². The van der Waals surface area contributed by atoms with Crippen LogP contribution in [0.25, 0.3) is 0 Å². The number of hydrogen-bond donors (Lipinski definition) is 2. The van der Waals surface area contributed by atoms with Crippen LogP contribution in [-0.2, 0) is 6.54 Å². The lowest BCUT2D eigenvalue weighted by Crippen LogP contribution is -2.46. The third kappa shape index (κ3) is 4.15. The van der Waals surface area contributed by atoms with Crippen molar-refractivity contribution < 1.29 is 0 Å². The molecule has 1 saturated heterocycles. The van der Waals surface area contributed by atoms with Gasteiger partial charge < -0.3 is 10.6 Å². The molecule has 6 heteroatoms. The molecular formula is C16H25ClN4S. The summed E-state index contributed by atoms with van der Waals surface area (Å²) in [4.78, 5) is 8.53. The molecule has 2 unspecified atom stereocenters. The Morgan fingerprint density at radius 3 is 2.86 bits per heavy atom. The summed E-state index contributed by atoms with van der Waals surface area (Å²) in [5, 5.41) is 6.98. The van der Waals surface area contributed by atoms with Crippen molar-refractivity contribution >= 4 is 28.9 Å². The molecule has 1 aromatic rings. The molecule has 1 aliphatic carbocycles. The predicted molar refractivity (Wildman–Crippen MR) is 94.8 cm³/mol. The Hall–Kier alpha value is -0.780. The van der Waals surface area contributed by atoms with E-state index >= 15 is 0 Å². The molecule has 0 aromatic carbocycles. The van der Waals surface area contributed by atoms with Crippen molar-refractivity contribution in [2.24, 2.45) is 10.9 Å². The molecule has 0 spiro atoms. The molecule has 2 aliphatic rings. The van der Waals surface area contributed by atoms with Crippen molar-refractivity contribution in [2.75, 3.05) is 19.6 Å². The van der Waals surface area contributed by atoms with E-state index in [-0.39, 0.29) is 0 Å². The van der Waals surface area contributed by atoms with Gasteiger partial charge in [-0.1, -0.05) is 18.5 Å². The number of likely N-dealkylation sites (tertiary alicyclic amines) is 1. The number of halogens is 1. The van der Waals surface area contributed by atoms with Crippen molar-refractivity contribution in [2.45, 2.75) is 45.3 Å². The Labute approximate surface area is 141 Å². The molecule has 1 saturated carbocycles. The Morgan fingerprint density at radius 1 is 1.41 bits per heavy atom. The van der Waals surface area contributed by atoms with Crippen molar-refractivity contribution in [1.29, 1.82) is 0 Å². The summed E-state index contributed by atoms with van der Waals surface area (Å²) in [5.41, 5.74) is 0. The van der Waals surface area contributed by atoms with E-state index in [1.807, 2.05) is 12.1 Å². The quantitative estimate of drug-likeness (QED) is 0.639. The van der Waals surface area contributed by atoms with Crippen molar-refractivity contribution in [3.63, 3.8) is 0 Å². The van der Waals surface area contributed by atoms with Gasteiger partial charge in [0.1, 0.15) is 0 Å². The number of guanidine groups is 1. The van der Waals surface area contributed by atoms with Crippen LogP contribution >= 0.6 is 22.9 Å². The third-order valence-electron chi connectivity index (χ3n) is 4.39. The number of nitrogens with zero attached hydrogens (tertiary/aromatic N) is 2. The lowest BCUT2D eigenvalue weighted by Gasteiger charge is -2.20. The average Bonchev–Trinajstić information content (AvgIpc) is 3.16. The van der Waals surface area contributed by atoms with Crippen LogP contribution in [0.15, 0.2) is 17.1 Å². The summed E-state index contributed by atoms with van der Waals surface area (Å²) in [5.74, 6) is 1.59. The van der Waals surface area contributed by atoms with Gasteiger partial charge in [0, 0.05) is 36.6 Å². The van der Waals surface area contributed by atoms with Crippen molar-refractivity contribution in [1.82, 2.24) is 15.5 Å². The number of rotatable bonds is 5. The van der Waals surface area contributed by atoms with Gasteiger partial charge in [0.25, 0.3) is 0 Å². The molecule has 2 atom stereocenters. The maximum absolute atomic E-state index is 5.98. The summed E-state index contributed by atoms with van der Waals surface area (Å²) in [6.07, 6.45) is 2.76. The van der Waals surface area contributed by atoms with E-state index in [2.05, 4.69) is 29.4 Å². The van der Waals surface area contributed by atoms with Gasteiger partial charge >= 0.3 is 0 Å². The van der Waals surface area contributed by atoms with E-state index in [9.17, 15) is 0 Å². The fourth-order valence-electron chi connectivity index (χ4n) is 3.02. The molecular weight excluding hydrogens is 316 g/mol. The van der Waals surface area contributed by atoms with E-state index in [1.165, 1.54) is 24.3 Å². The number of nitrogens with one attached hydrogen (secondary N) is 2. The van der Waals surface area contributed by atoms with Crippen LogP contribution in [0, 0.1) is 5.92 Å². The summed E-state index contributed by atoms with van der Waals surface area (Å²) in [6, 6.07) is 5.32. The first-order chi connectivity index (χ1) is 10.7. The number of aliphatic imine (C=N–C) groups is 1. The highest BCUT2D eigenvalue weighted by molar-refractivity contribution is 7.16. The molecule has 1 aromatic heterocycles. The summed E-state index contributed by atoms with van der Waals surface area (Å²) in [7, 11) is 0. The monoisotopic (exact) mass is 340 g/mol. The fraction of sp³-hybridized carbons (Fsp3) is 0.688. The molecule has 22 heavy (non-hydrogen) atoms. The summed E-state index contributed by atoms with van der Waals surface area (Å²) < 4.78 is 0.827. The third-order valence-corrected chi connectivity index (χ3v) is 5.61. The Morgan fingerprint density at radius 2 is 2.23 bits per heavy atom. The Bertz CT molecular complexity index is 526. The Kier molecular flexibility index (Phi) is 5.26. The lowest BCUT2D eigenvalue weighted by atomic mass is 10.1. The number of hydrogen-bond acceptors (Lipinski definition) is 3. The summed E-state index contributed by atoms with van der Waals surface area (Å²) in [6.45, 7) is 8.35. The van der Waals surface area contributed by atoms with Gasteiger partial charge in [0.05, 0.1) is 10.9 Å². The smallest absolute Gasteiger partial charge is 0.191 e. The molecule has 2 heterocycles. The van der Waals surface area contributed by atoms with E-state index < -0.39 is 0 Å². The maximum Gasteiger partial charge on any atom is 0.191 e. The zero-order valence-corrected chi connectivity index (χ0v) is 14.9. The van der Waals surface area contributed by atoms with Crippen molar-refractivity contribution in [3.05, 3.63) is 21.3 Å². The molecule has 1 aliphatic heterocycles. The SMILES string of the molecule is CCNC(=NCc1ccc(Cl)s1)NC1CN(C2CC2)CC1C. The van der Waals surface area contributed by atoms with Crippen LogP contribution < -0.4 is 10.6 Å². The normalized spacial score (nSPS) is 26.4. The van der Waals surface area contributed by atoms with Gasteiger partial charge in [0.15, 0.2) is 5.96 Å². The molecule has 3 rings (SSSR count). The summed E-state index contributed by atoms with van der Waals surface area (Å²) >= 11 is 7.58. The maximum atomic E-state index is 5.98. The molecule has 2 N–H and O–H groups in total. The molecule has 122 valence electrons. The average molecular weight is 341 g/mol. The minimum absolute atomic E-state index is 0.491. The fourth-order valence-corrected chi connectivity index (χ4v) is 4.03. The highest BCUT2D eigenvalue weighted by Crippen LogP contribution is 2.31. The van der Waals surface area contributed by atoms with E-state index in [4.69, 9.17) is 16.6 Å². The van der Waals surface area contributed by atoms with E-state index in [0.29, 0.717) is 18.5 Å². The van der Waals surface area contributed by atoms with Gasteiger partial charge in [-0.25, -0.2) is 4.99 Å². The van der Waals surface area contributed by atoms with E-state index in [0.717, 1.165) is 29.4 Å². The standard InChI is InChI=1S/C16H25ClN4S/c1-3-18-16(19-8-13-6-7-15(17)22-13)20-14-10-21(9-11(14)2)12-4-5-12/h6-7,11-12,14H,3-5,8-10H2,1-2H3,(H2,18,19,20). The van der Waals surface area contributed by atoms with Crippen LogP contribution in [-0.4, -0.2) is 42.6 Å². The Balaban J connectivity index is 1.58. The first kappa shape index (κ1) is 16.1. The second kappa shape index (κ2) is 7.20. The second-order valence-electron chi connectivity index (χ2n) is 6.31. The molecule has 0 bridgehead atoms. The van der Waals surface area contributed by atoms with Gasteiger partial charge in [-0.15, -0.1) is 11.3 Å². The van der Waals surface area contributed by atoms with Crippen LogP contribution in [0.5, 0.6) is 0 Å². The van der Waals surface area contributed by atoms with Crippen LogP contribution in [0.4, 0.5) is 0 Å². The van der Waals surface area contributed by atoms with Crippen LogP contribution in [0.3, 0.4) is 0 Å². The zero-order valence-electron chi connectivity index (χ0n) is 13.3. The first-order valence-corrected chi connectivity index (χ1v) is 9.38. The zero-order chi connectivity index (χ0) is 15.5. The molecule has 2 fully saturated rings. The van der Waals surface area contributed by atoms with Crippen LogP contribution in [0.2, 0.25) is 4.34 Å². The largest absolute Gasteiger partial charge is 0.357 e. The molecule has 4 nitrogen and oxygen atoms in total. The predicted octanol–water partition coefficient (Wildman–Crippen LogP) is 2.94. The van der Waals surface area contributed by atoms with Crippen molar-refractivity contribution in [3.8, 4) is 0 Å². The highest BCUT2D eigenvalue weighted by atomic mass is 35.5. The van der Waals surface area contributed by atoms with Gasteiger partial charge in [-0.3, -0.25) is 4.90 Å². The lowest BCUT2D eigenvalue weighted by molar-refractivity contribution is 0.315. The van der Waals surface area contributed by atoms with Gasteiger partial charge in [-0.2, -0.15) is 0 Å². The van der Waals surface area contributed by atoms with Gasteiger partial charge in [0.2, 0.25) is 0 Å². The minimum Gasteiger partial charge on any atom is -0.357 e. The van der Waals surface area contributed by atoms with Gasteiger partial charge in [-0.05, 0) is 37.8 Å². The second-order valence-corrected chi connectivity index (χ2v) is 8.11. The minimum atomic E-state index is 0.491. The first-order valence-electron chi connectivity index (χ1n) is 8.18.